The van der Waals surface area contributed by atoms with Crippen LogP contribution in [0.5, 0.6) is 0 Å². The lowest BCUT2D eigenvalue weighted by atomic mass is 10.3. The zero-order valence-electron chi connectivity index (χ0n) is 15.3. The first-order chi connectivity index (χ1) is 13.8. The van der Waals surface area contributed by atoms with Crippen LogP contribution in [0.2, 0.25) is 0 Å². The number of benzene rings is 2. The molecule has 0 saturated heterocycles. The lowest BCUT2D eigenvalue weighted by Crippen LogP contribution is -2.18. The fraction of sp³-hybridized carbons (Fsp3) is 0.182. The summed E-state index contributed by atoms with van der Waals surface area (Å²) in [5, 5.41) is 13.4. The highest BCUT2D eigenvalue weighted by molar-refractivity contribution is 8.00. The summed E-state index contributed by atoms with van der Waals surface area (Å²) in [7, 11) is 0. The number of rotatable bonds is 7. The van der Waals surface area contributed by atoms with Gasteiger partial charge in [-0.1, -0.05) is 48.2 Å². The number of thioether (sulfide) groups is 1. The number of furan rings is 1. The predicted octanol–water partition coefficient (Wildman–Crippen LogP) is 5.26. The highest BCUT2D eigenvalue weighted by atomic mass is 32.2. The van der Waals surface area contributed by atoms with E-state index < -0.39 is 0 Å². The molecule has 0 amide bonds. The topological polar surface area (TPSA) is 55.9 Å². The van der Waals surface area contributed by atoms with Gasteiger partial charge in [0, 0.05) is 22.7 Å². The van der Waals surface area contributed by atoms with Crippen LogP contribution in [-0.4, -0.2) is 26.1 Å². The van der Waals surface area contributed by atoms with Crippen molar-refractivity contribution in [3.8, 4) is 17.3 Å². The molecule has 1 fully saturated rings. The number of anilines is 1. The van der Waals surface area contributed by atoms with E-state index in [1.54, 1.807) is 18.0 Å². The van der Waals surface area contributed by atoms with Crippen molar-refractivity contribution in [2.75, 3.05) is 11.9 Å². The van der Waals surface area contributed by atoms with Crippen LogP contribution in [0.1, 0.15) is 12.8 Å². The summed E-state index contributed by atoms with van der Waals surface area (Å²) < 4.78 is 7.84. The maximum atomic E-state index is 5.60. The first kappa shape index (κ1) is 17.1. The molecule has 140 valence electrons. The van der Waals surface area contributed by atoms with Gasteiger partial charge in [-0.05, 0) is 49.2 Å². The SMILES string of the molecule is c1ccc(NCC2(Sc3nnc(-c4ccco4)n3-c3ccccc3)CC2)cc1. The third-order valence-corrected chi connectivity index (χ3v) is 6.33. The molecule has 1 saturated carbocycles. The van der Waals surface area contributed by atoms with Gasteiger partial charge in [-0.2, -0.15) is 0 Å². The average molecular weight is 388 g/mol. The maximum absolute atomic E-state index is 5.60. The van der Waals surface area contributed by atoms with Gasteiger partial charge in [-0.15, -0.1) is 10.2 Å². The largest absolute Gasteiger partial charge is 0.461 e. The standard InChI is InChI=1S/C22H20N4OS/c1-3-8-17(9-4-1)23-16-22(13-14-22)28-21-25-24-20(19-12-7-15-27-19)26(21)18-10-5-2-6-11-18/h1-12,15,23H,13-14,16H2. The number of para-hydroxylation sites is 2. The summed E-state index contributed by atoms with van der Waals surface area (Å²) in [6, 6.07) is 24.3. The predicted molar refractivity (Wildman–Crippen MR) is 112 cm³/mol. The molecule has 2 aromatic carbocycles. The van der Waals surface area contributed by atoms with Crippen molar-refractivity contribution < 1.29 is 4.42 Å². The summed E-state index contributed by atoms with van der Waals surface area (Å²) in [6.07, 6.45) is 3.99. The Kier molecular flexibility index (Phi) is 4.41. The second-order valence-corrected chi connectivity index (χ2v) is 8.39. The number of nitrogens with zero attached hydrogens (tertiary/aromatic N) is 3. The Morgan fingerprint density at radius 2 is 1.68 bits per heavy atom. The molecule has 2 aromatic heterocycles. The highest BCUT2D eigenvalue weighted by Gasteiger charge is 2.45. The molecule has 6 heteroatoms. The van der Waals surface area contributed by atoms with Crippen LogP contribution in [0.25, 0.3) is 17.3 Å². The zero-order valence-corrected chi connectivity index (χ0v) is 16.1. The molecule has 0 spiro atoms. The summed E-state index contributed by atoms with van der Waals surface area (Å²) in [6.45, 7) is 0.902. The third-order valence-electron chi connectivity index (χ3n) is 4.89. The van der Waals surface area contributed by atoms with E-state index in [4.69, 9.17) is 4.42 Å². The van der Waals surface area contributed by atoms with Gasteiger partial charge in [0.15, 0.2) is 10.9 Å². The first-order valence-corrected chi connectivity index (χ1v) is 10.2. The number of nitrogens with one attached hydrogen (secondary N) is 1. The minimum atomic E-state index is 0.149. The molecular formula is C22H20N4OS. The van der Waals surface area contributed by atoms with Gasteiger partial charge in [-0.3, -0.25) is 4.57 Å². The van der Waals surface area contributed by atoms with Gasteiger partial charge in [0.25, 0.3) is 0 Å². The molecule has 0 atom stereocenters. The molecule has 0 aliphatic heterocycles. The maximum Gasteiger partial charge on any atom is 0.205 e. The van der Waals surface area contributed by atoms with Crippen molar-refractivity contribution in [1.82, 2.24) is 14.8 Å². The van der Waals surface area contributed by atoms with Crippen LogP contribution in [0.4, 0.5) is 5.69 Å². The van der Waals surface area contributed by atoms with Crippen LogP contribution in [0.15, 0.2) is 88.6 Å². The van der Waals surface area contributed by atoms with E-state index in [0.29, 0.717) is 0 Å². The number of aromatic nitrogens is 3. The van der Waals surface area contributed by atoms with Crippen molar-refractivity contribution in [2.24, 2.45) is 0 Å². The minimum absolute atomic E-state index is 0.149. The van der Waals surface area contributed by atoms with Gasteiger partial charge in [0.05, 0.1) is 6.26 Å². The Bertz CT molecular complexity index is 1040. The van der Waals surface area contributed by atoms with E-state index in [9.17, 15) is 0 Å². The van der Waals surface area contributed by atoms with E-state index in [1.165, 1.54) is 0 Å². The molecule has 2 heterocycles. The molecule has 1 aliphatic rings. The molecular weight excluding hydrogens is 368 g/mol. The number of hydrogen-bond donors (Lipinski definition) is 1. The summed E-state index contributed by atoms with van der Waals surface area (Å²) >= 11 is 1.80. The summed E-state index contributed by atoms with van der Waals surface area (Å²) in [4.78, 5) is 0. The number of hydrogen-bond acceptors (Lipinski definition) is 5. The van der Waals surface area contributed by atoms with Gasteiger partial charge in [0.1, 0.15) is 0 Å². The Labute approximate surface area is 167 Å². The van der Waals surface area contributed by atoms with Crippen LogP contribution in [0.3, 0.4) is 0 Å². The highest BCUT2D eigenvalue weighted by Crippen LogP contribution is 2.52. The Hall–Kier alpha value is -2.99. The van der Waals surface area contributed by atoms with Crippen LogP contribution in [0, 0.1) is 0 Å². The molecule has 0 bridgehead atoms. The van der Waals surface area contributed by atoms with Gasteiger partial charge in [-0.25, -0.2) is 0 Å². The molecule has 28 heavy (non-hydrogen) atoms. The zero-order chi connectivity index (χ0) is 18.8. The monoisotopic (exact) mass is 388 g/mol. The van der Waals surface area contributed by atoms with Crippen LogP contribution < -0.4 is 5.32 Å². The molecule has 4 aromatic rings. The Balaban J connectivity index is 1.44. The summed E-state index contributed by atoms with van der Waals surface area (Å²) in [5.41, 5.74) is 2.18. The van der Waals surface area contributed by atoms with Gasteiger partial charge >= 0.3 is 0 Å². The van der Waals surface area contributed by atoms with Crippen molar-refractivity contribution in [1.29, 1.82) is 0 Å². The molecule has 0 unspecified atom stereocenters. The van der Waals surface area contributed by atoms with Crippen molar-refractivity contribution >= 4 is 17.4 Å². The quantitative estimate of drug-likeness (QED) is 0.468. The lowest BCUT2D eigenvalue weighted by molar-refractivity contribution is 0.575. The second kappa shape index (κ2) is 7.20. The molecule has 5 rings (SSSR count). The van der Waals surface area contributed by atoms with Gasteiger partial charge < -0.3 is 9.73 Å². The average Bonchev–Trinajstić information content (AvgIpc) is 3.13. The minimum Gasteiger partial charge on any atom is -0.461 e. The van der Waals surface area contributed by atoms with E-state index >= 15 is 0 Å². The smallest absolute Gasteiger partial charge is 0.205 e. The Morgan fingerprint density at radius 3 is 2.36 bits per heavy atom. The van der Waals surface area contributed by atoms with E-state index in [2.05, 4.69) is 56.5 Å². The van der Waals surface area contributed by atoms with Crippen molar-refractivity contribution in [3.05, 3.63) is 79.1 Å². The van der Waals surface area contributed by atoms with E-state index in [1.807, 2.05) is 36.4 Å². The van der Waals surface area contributed by atoms with Gasteiger partial charge in [0.2, 0.25) is 5.82 Å². The molecule has 0 radical (unpaired) electrons. The normalized spacial score (nSPS) is 14.7. The van der Waals surface area contributed by atoms with Crippen LogP contribution in [-0.2, 0) is 0 Å². The molecule has 1 N–H and O–H groups in total. The van der Waals surface area contributed by atoms with Crippen molar-refractivity contribution in [2.45, 2.75) is 22.7 Å². The fourth-order valence-electron chi connectivity index (χ4n) is 3.18. The Morgan fingerprint density at radius 1 is 0.929 bits per heavy atom. The van der Waals surface area contributed by atoms with E-state index in [-0.39, 0.29) is 4.75 Å². The second-order valence-electron chi connectivity index (χ2n) is 6.96. The fourth-order valence-corrected chi connectivity index (χ4v) is 4.38. The van der Waals surface area contributed by atoms with Crippen LogP contribution >= 0.6 is 11.8 Å². The molecule has 1 aliphatic carbocycles. The lowest BCUT2D eigenvalue weighted by Gasteiger charge is -2.17. The molecule has 5 nitrogen and oxygen atoms in total. The summed E-state index contributed by atoms with van der Waals surface area (Å²) in [5.74, 6) is 1.45. The first-order valence-electron chi connectivity index (χ1n) is 9.36. The van der Waals surface area contributed by atoms with Crippen molar-refractivity contribution in [3.63, 3.8) is 0 Å². The third kappa shape index (κ3) is 3.43. The van der Waals surface area contributed by atoms with E-state index in [0.717, 1.165) is 47.5 Å².